The van der Waals surface area contributed by atoms with Gasteiger partial charge in [0.2, 0.25) is 5.91 Å². The molecule has 1 amide bonds. The third-order valence-corrected chi connectivity index (χ3v) is 5.35. The fourth-order valence-electron chi connectivity index (χ4n) is 3.43. The van der Waals surface area contributed by atoms with Crippen LogP contribution in [0.15, 0.2) is 24.3 Å². The topological polar surface area (TPSA) is 72.5 Å². The highest BCUT2D eigenvalue weighted by atomic mass is 16.5. The van der Waals surface area contributed by atoms with Gasteiger partial charge in [-0.2, -0.15) is 0 Å². The first-order valence-corrected chi connectivity index (χ1v) is 10.9. The van der Waals surface area contributed by atoms with E-state index < -0.39 is 5.54 Å². The average molecular weight is 404 g/mol. The lowest BCUT2D eigenvalue weighted by Gasteiger charge is -2.33. The van der Waals surface area contributed by atoms with Gasteiger partial charge in [-0.1, -0.05) is 63.8 Å². The first-order valence-electron chi connectivity index (χ1n) is 10.9. The maximum Gasteiger partial charge on any atom is 0.302 e. The fraction of sp³-hybridized carbons (Fsp3) is 0.625. The number of hydrogen-bond acceptors (Lipinski definition) is 4. The summed E-state index contributed by atoms with van der Waals surface area (Å²) in [6, 6.07) is 7.73. The number of carbonyl (C=O) groups excluding carboxylic acids is 3. The van der Waals surface area contributed by atoms with Crippen LogP contribution in [0.3, 0.4) is 0 Å². The summed E-state index contributed by atoms with van der Waals surface area (Å²) in [5.41, 5.74) is 1.27. The van der Waals surface area contributed by atoms with Crippen molar-refractivity contribution in [1.29, 1.82) is 0 Å². The Kier molecular flexibility index (Phi) is 11.3. The monoisotopic (exact) mass is 403 g/mol. The summed E-state index contributed by atoms with van der Waals surface area (Å²) in [4.78, 5) is 35.2. The number of amides is 1. The number of unbranched alkanes of at least 4 members (excludes halogenated alkanes) is 4. The summed E-state index contributed by atoms with van der Waals surface area (Å²) in [7, 11) is 0. The Bertz CT molecular complexity index is 653. The van der Waals surface area contributed by atoms with E-state index in [9.17, 15) is 14.4 Å². The van der Waals surface area contributed by atoms with Gasteiger partial charge in [0, 0.05) is 25.8 Å². The maximum atomic E-state index is 12.3. The molecule has 0 heterocycles. The van der Waals surface area contributed by atoms with E-state index in [1.807, 2.05) is 31.2 Å². The van der Waals surface area contributed by atoms with Crippen LogP contribution in [0.2, 0.25) is 0 Å². The Labute approximate surface area is 175 Å². The van der Waals surface area contributed by atoms with Gasteiger partial charge in [0.15, 0.2) is 5.78 Å². The van der Waals surface area contributed by atoms with Crippen molar-refractivity contribution in [3.8, 4) is 0 Å². The summed E-state index contributed by atoms with van der Waals surface area (Å²) in [5, 5.41) is 2.97. The van der Waals surface area contributed by atoms with Crippen LogP contribution in [0.4, 0.5) is 0 Å². The van der Waals surface area contributed by atoms with Crippen LogP contribution in [0.5, 0.6) is 0 Å². The van der Waals surface area contributed by atoms with Gasteiger partial charge >= 0.3 is 5.97 Å². The first-order chi connectivity index (χ1) is 13.8. The molecule has 162 valence electrons. The zero-order valence-electron chi connectivity index (χ0n) is 18.5. The minimum Gasteiger partial charge on any atom is -0.463 e. The zero-order chi connectivity index (χ0) is 21.7. The Morgan fingerprint density at radius 2 is 1.62 bits per heavy atom. The second-order valence-corrected chi connectivity index (χ2v) is 7.88. The normalized spacial score (nSPS) is 12.8. The van der Waals surface area contributed by atoms with Crippen LogP contribution in [0.25, 0.3) is 0 Å². The number of aryl methyl sites for hydroxylation is 1. The summed E-state index contributed by atoms with van der Waals surface area (Å²) in [5.74, 6) is -0.298. The van der Waals surface area contributed by atoms with Crippen LogP contribution in [-0.4, -0.2) is 29.8 Å². The molecule has 0 spiro atoms. The van der Waals surface area contributed by atoms with E-state index in [-0.39, 0.29) is 24.3 Å². The molecular formula is C24H37NO4. The lowest BCUT2D eigenvalue weighted by atomic mass is 9.88. The van der Waals surface area contributed by atoms with Gasteiger partial charge in [0.1, 0.15) is 6.61 Å². The molecule has 0 aliphatic rings. The van der Waals surface area contributed by atoms with Crippen LogP contribution in [0.1, 0.15) is 95.0 Å². The molecular weight excluding hydrogens is 366 g/mol. The number of rotatable bonds is 14. The molecule has 1 atom stereocenters. The van der Waals surface area contributed by atoms with E-state index in [0.717, 1.165) is 30.4 Å². The standard InChI is InChI=1S/C24H37NO4/c1-5-7-8-9-10-11-23(28)22-14-12-21(13-15-22)16-17-24(6-2,25-19(3)26)18-29-20(4)27/h12-15H,5-11,16-18H2,1-4H3,(H,25,26). The van der Waals surface area contributed by atoms with Crippen LogP contribution >= 0.6 is 0 Å². The highest BCUT2D eigenvalue weighted by Crippen LogP contribution is 2.20. The lowest BCUT2D eigenvalue weighted by Crippen LogP contribution is -2.51. The SMILES string of the molecule is CCCCCCCC(=O)c1ccc(CCC(CC)(COC(C)=O)NC(C)=O)cc1. The van der Waals surface area contributed by atoms with Crippen molar-refractivity contribution in [1.82, 2.24) is 5.32 Å². The van der Waals surface area contributed by atoms with Crippen LogP contribution < -0.4 is 5.32 Å². The van der Waals surface area contributed by atoms with E-state index in [0.29, 0.717) is 19.3 Å². The number of nitrogens with one attached hydrogen (secondary N) is 1. The third-order valence-electron chi connectivity index (χ3n) is 5.35. The van der Waals surface area contributed by atoms with E-state index in [4.69, 9.17) is 4.74 Å². The molecule has 1 unspecified atom stereocenters. The molecule has 0 fully saturated rings. The molecule has 1 rings (SSSR count). The highest BCUT2D eigenvalue weighted by Gasteiger charge is 2.30. The molecule has 0 radical (unpaired) electrons. The van der Waals surface area contributed by atoms with E-state index >= 15 is 0 Å². The number of ketones is 1. The van der Waals surface area contributed by atoms with Gasteiger partial charge in [-0.15, -0.1) is 0 Å². The van der Waals surface area contributed by atoms with Crippen LogP contribution in [-0.2, 0) is 20.7 Å². The van der Waals surface area contributed by atoms with Crippen molar-refractivity contribution in [2.45, 2.75) is 91.0 Å². The van der Waals surface area contributed by atoms with Gasteiger partial charge in [-0.05, 0) is 31.2 Å². The summed E-state index contributed by atoms with van der Waals surface area (Å²) in [6.45, 7) is 7.16. The van der Waals surface area contributed by atoms with Crippen molar-refractivity contribution in [2.24, 2.45) is 0 Å². The van der Waals surface area contributed by atoms with Crippen molar-refractivity contribution in [3.63, 3.8) is 0 Å². The first kappa shape index (κ1) is 24.9. The zero-order valence-corrected chi connectivity index (χ0v) is 18.5. The molecule has 0 bridgehead atoms. The highest BCUT2D eigenvalue weighted by molar-refractivity contribution is 5.96. The van der Waals surface area contributed by atoms with Crippen molar-refractivity contribution < 1.29 is 19.1 Å². The quantitative estimate of drug-likeness (QED) is 0.269. The smallest absolute Gasteiger partial charge is 0.302 e. The number of carbonyl (C=O) groups is 3. The lowest BCUT2D eigenvalue weighted by molar-refractivity contribution is -0.144. The molecule has 1 aromatic carbocycles. The maximum absolute atomic E-state index is 12.3. The molecule has 0 aromatic heterocycles. The number of benzene rings is 1. The molecule has 1 N–H and O–H groups in total. The van der Waals surface area contributed by atoms with Crippen LogP contribution in [0, 0.1) is 0 Å². The molecule has 5 heteroatoms. The number of ether oxygens (including phenoxy) is 1. The van der Waals surface area contributed by atoms with Gasteiger partial charge in [0.05, 0.1) is 5.54 Å². The molecule has 0 saturated carbocycles. The Morgan fingerprint density at radius 1 is 0.966 bits per heavy atom. The third kappa shape index (κ3) is 9.73. The predicted octanol–water partition coefficient (Wildman–Crippen LogP) is 5.01. The van der Waals surface area contributed by atoms with E-state index in [2.05, 4.69) is 12.2 Å². The van der Waals surface area contributed by atoms with E-state index in [1.165, 1.54) is 33.1 Å². The Hall–Kier alpha value is -2.17. The van der Waals surface area contributed by atoms with Gasteiger partial charge in [0.25, 0.3) is 0 Å². The van der Waals surface area contributed by atoms with Gasteiger partial charge < -0.3 is 10.1 Å². The van der Waals surface area contributed by atoms with Gasteiger partial charge in [-0.25, -0.2) is 0 Å². The molecule has 1 aromatic rings. The number of esters is 1. The minimum absolute atomic E-state index is 0.140. The molecule has 0 saturated heterocycles. The largest absolute Gasteiger partial charge is 0.463 e. The minimum atomic E-state index is -0.579. The Morgan fingerprint density at radius 3 is 2.17 bits per heavy atom. The molecule has 0 aliphatic heterocycles. The predicted molar refractivity (Wildman–Crippen MR) is 116 cm³/mol. The summed E-state index contributed by atoms with van der Waals surface area (Å²) >= 11 is 0. The fourth-order valence-corrected chi connectivity index (χ4v) is 3.43. The van der Waals surface area contributed by atoms with Gasteiger partial charge in [-0.3, -0.25) is 14.4 Å². The summed E-state index contributed by atoms with van der Waals surface area (Å²) < 4.78 is 5.20. The molecule has 29 heavy (non-hydrogen) atoms. The molecule has 0 aliphatic carbocycles. The molecule has 5 nitrogen and oxygen atoms in total. The second-order valence-electron chi connectivity index (χ2n) is 7.88. The van der Waals surface area contributed by atoms with Crippen molar-refractivity contribution in [2.75, 3.05) is 6.61 Å². The Balaban J connectivity index is 2.63. The second kappa shape index (κ2) is 13.1. The van der Waals surface area contributed by atoms with Crippen molar-refractivity contribution in [3.05, 3.63) is 35.4 Å². The number of hydrogen-bond donors (Lipinski definition) is 1. The average Bonchev–Trinajstić information content (AvgIpc) is 2.70. The summed E-state index contributed by atoms with van der Waals surface area (Å²) in [6.07, 6.45) is 8.34. The van der Waals surface area contributed by atoms with Crippen molar-refractivity contribution >= 4 is 17.7 Å². The van der Waals surface area contributed by atoms with E-state index in [1.54, 1.807) is 0 Å². The number of Topliss-reactive ketones (excluding diaryl/α,β-unsaturated/α-hetero) is 1.